The Balaban J connectivity index is 2.08. The van der Waals surface area contributed by atoms with Gasteiger partial charge in [0.2, 0.25) is 5.91 Å². The first-order valence-corrected chi connectivity index (χ1v) is 8.60. The van der Waals surface area contributed by atoms with Gasteiger partial charge in [-0.3, -0.25) is 4.79 Å². The van der Waals surface area contributed by atoms with Gasteiger partial charge in [0.25, 0.3) is 0 Å². The van der Waals surface area contributed by atoms with E-state index < -0.39 is 0 Å². The Kier molecular flexibility index (Phi) is 5.35. The molecule has 5 heteroatoms. The highest BCUT2D eigenvalue weighted by atomic mass is 16.2. The standard InChI is InChI=1S/C17H32N4O/c1-13(2)19-16(18-11-15(22)20(4)5)21-10-7-14(3)17(12-21)8-6-9-17/h13-14H,6-12H2,1-5H3,(H,18,19). The Labute approximate surface area is 135 Å². The average molecular weight is 308 g/mol. The summed E-state index contributed by atoms with van der Waals surface area (Å²) >= 11 is 0. The van der Waals surface area contributed by atoms with Crippen LogP contribution in [0, 0.1) is 11.3 Å². The highest BCUT2D eigenvalue weighted by molar-refractivity contribution is 5.85. The number of hydrogen-bond donors (Lipinski definition) is 1. The molecule has 126 valence electrons. The van der Waals surface area contributed by atoms with E-state index in [-0.39, 0.29) is 12.5 Å². The lowest BCUT2D eigenvalue weighted by molar-refractivity contribution is -0.127. The zero-order chi connectivity index (χ0) is 16.3. The summed E-state index contributed by atoms with van der Waals surface area (Å²) in [4.78, 5) is 20.4. The van der Waals surface area contributed by atoms with E-state index in [2.05, 4.69) is 36.0 Å². The maximum atomic E-state index is 11.8. The number of carbonyl (C=O) groups is 1. The van der Waals surface area contributed by atoms with E-state index >= 15 is 0 Å². The lowest BCUT2D eigenvalue weighted by atomic mass is 9.59. The molecule has 2 aliphatic rings. The number of piperidine rings is 1. The van der Waals surface area contributed by atoms with Crippen molar-refractivity contribution < 1.29 is 4.79 Å². The predicted octanol–water partition coefficient (Wildman–Crippen LogP) is 1.94. The molecule has 0 aromatic heterocycles. The second kappa shape index (κ2) is 6.88. The Morgan fingerprint density at radius 2 is 2.09 bits per heavy atom. The molecular formula is C17H32N4O. The van der Waals surface area contributed by atoms with Gasteiger partial charge in [-0.15, -0.1) is 0 Å². The van der Waals surface area contributed by atoms with Crippen molar-refractivity contribution in [1.82, 2.24) is 15.1 Å². The van der Waals surface area contributed by atoms with Crippen LogP contribution in [0.5, 0.6) is 0 Å². The predicted molar refractivity (Wildman–Crippen MR) is 90.9 cm³/mol. The van der Waals surface area contributed by atoms with E-state index in [0.29, 0.717) is 11.5 Å². The molecule has 1 saturated carbocycles. The van der Waals surface area contributed by atoms with Gasteiger partial charge in [-0.2, -0.15) is 0 Å². The van der Waals surface area contributed by atoms with E-state index in [1.165, 1.54) is 25.7 Å². The topological polar surface area (TPSA) is 47.9 Å². The van der Waals surface area contributed by atoms with Gasteiger partial charge in [-0.05, 0) is 44.4 Å². The normalized spacial score (nSPS) is 24.4. The zero-order valence-corrected chi connectivity index (χ0v) is 14.9. The van der Waals surface area contributed by atoms with E-state index in [9.17, 15) is 4.79 Å². The number of nitrogens with zero attached hydrogens (tertiary/aromatic N) is 3. The summed E-state index contributed by atoms with van der Waals surface area (Å²) in [5.74, 6) is 1.76. The number of guanidine groups is 1. The number of rotatable bonds is 3. The smallest absolute Gasteiger partial charge is 0.243 e. The summed E-state index contributed by atoms with van der Waals surface area (Å²) in [7, 11) is 3.55. The Bertz CT molecular complexity index is 426. The van der Waals surface area contributed by atoms with Crippen molar-refractivity contribution in [3.8, 4) is 0 Å². The molecular weight excluding hydrogens is 276 g/mol. The third-order valence-corrected chi connectivity index (χ3v) is 5.31. The molecule has 1 amide bonds. The minimum atomic E-state index is 0.0480. The molecule has 1 saturated heterocycles. The first-order chi connectivity index (χ1) is 10.3. The largest absolute Gasteiger partial charge is 0.354 e. The van der Waals surface area contributed by atoms with E-state index in [1.54, 1.807) is 19.0 Å². The van der Waals surface area contributed by atoms with Crippen molar-refractivity contribution in [2.45, 2.75) is 52.5 Å². The quantitative estimate of drug-likeness (QED) is 0.640. The lowest BCUT2D eigenvalue weighted by Crippen LogP contribution is -2.56. The van der Waals surface area contributed by atoms with Gasteiger partial charge in [-0.1, -0.05) is 13.3 Å². The van der Waals surface area contributed by atoms with Crippen LogP contribution in [-0.4, -0.2) is 61.4 Å². The molecule has 0 radical (unpaired) electrons. The number of likely N-dealkylation sites (tertiary alicyclic amines) is 1. The fourth-order valence-corrected chi connectivity index (χ4v) is 3.51. The number of carbonyl (C=O) groups excluding carboxylic acids is 1. The van der Waals surface area contributed by atoms with Gasteiger partial charge in [0.15, 0.2) is 5.96 Å². The van der Waals surface area contributed by atoms with Crippen LogP contribution < -0.4 is 5.32 Å². The SMILES string of the molecule is CC(C)NC(=NCC(=O)N(C)C)N1CCC(C)C2(CCC2)C1. The first kappa shape index (κ1) is 17.1. The van der Waals surface area contributed by atoms with Crippen LogP contribution in [0.2, 0.25) is 0 Å². The van der Waals surface area contributed by atoms with Gasteiger partial charge >= 0.3 is 0 Å². The van der Waals surface area contributed by atoms with Gasteiger partial charge in [-0.25, -0.2) is 4.99 Å². The van der Waals surface area contributed by atoms with E-state index in [0.717, 1.165) is 25.0 Å². The van der Waals surface area contributed by atoms with Gasteiger partial charge < -0.3 is 15.1 Å². The molecule has 0 aromatic carbocycles. The molecule has 0 bridgehead atoms. The summed E-state index contributed by atoms with van der Waals surface area (Å²) in [6, 6.07) is 0.324. The summed E-state index contributed by atoms with van der Waals surface area (Å²) < 4.78 is 0. The van der Waals surface area contributed by atoms with E-state index in [1.807, 2.05) is 0 Å². The lowest BCUT2D eigenvalue weighted by Gasteiger charge is -2.53. The molecule has 0 aromatic rings. The van der Waals surface area contributed by atoms with Crippen LogP contribution in [0.25, 0.3) is 0 Å². The molecule has 1 aliphatic heterocycles. The number of aliphatic imine (C=N–C) groups is 1. The van der Waals surface area contributed by atoms with Crippen LogP contribution >= 0.6 is 0 Å². The van der Waals surface area contributed by atoms with Crippen LogP contribution in [0.15, 0.2) is 4.99 Å². The maximum Gasteiger partial charge on any atom is 0.243 e. The van der Waals surface area contributed by atoms with Crippen LogP contribution in [0.4, 0.5) is 0 Å². The fraction of sp³-hybridized carbons (Fsp3) is 0.882. The van der Waals surface area contributed by atoms with Crippen LogP contribution in [-0.2, 0) is 4.79 Å². The highest BCUT2D eigenvalue weighted by Gasteiger charge is 2.46. The number of likely N-dealkylation sites (N-methyl/N-ethyl adjacent to an activating group) is 1. The molecule has 1 unspecified atom stereocenters. The average Bonchev–Trinajstić information content (AvgIpc) is 2.41. The van der Waals surface area contributed by atoms with Gasteiger partial charge in [0.1, 0.15) is 6.54 Å². The third kappa shape index (κ3) is 3.73. The van der Waals surface area contributed by atoms with Crippen molar-refractivity contribution >= 4 is 11.9 Å². The zero-order valence-electron chi connectivity index (χ0n) is 14.9. The molecule has 1 atom stereocenters. The van der Waals surface area contributed by atoms with Gasteiger partial charge in [0, 0.05) is 33.2 Å². The van der Waals surface area contributed by atoms with Crippen molar-refractivity contribution in [3.05, 3.63) is 0 Å². The second-order valence-electron chi connectivity index (χ2n) is 7.55. The molecule has 1 aliphatic carbocycles. The monoisotopic (exact) mass is 308 g/mol. The molecule has 1 heterocycles. The fourth-order valence-electron chi connectivity index (χ4n) is 3.51. The molecule has 1 spiro atoms. The molecule has 22 heavy (non-hydrogen) atoms. The van der Waals surface area contributed by atoms with Crippen molar-refractivity contribution in [3.63, 3.8) is 0 Å². The first-order valence-electron chi connectivity index (χ1n) is 8.60. The summed E-state index contributed by atoms with van der Waals surface area (Å²) in [5.41, 5.74) is 0.489. The summed E-state index contributed by atoms with van der Waals surface area (Å²) in [6.07, 6.45) is 5.27. The molecule has 1 N–H and O–H groups in total. The van der Waals surface area contributed by atoms with Crippen molar-refractivity contribution in [1.29, 1.82) is 0 Å². The van der Waals surface area contributed by atoms with Crippen LogP contribution in [0.3, 0.4) is 0 Å². The maximum absolute atomic E-state index is 11.8. The second-order valence-corrected chi connectivity index (χ2v) is 7.55. The number of hydrogen-bond acceptors (Lipinski definition) is 2. The Morgan fingerprint density at radius 3 is 2.59 bits per heavy atom. The van der Waals surface area contributed by atoms with Crippen molar-refractivity contribution in [2.24, 2.45) is 16.3 Å². The Hall–Kier alpha value is -1.26. The highest BCUT2D eigenvalue weighted by Crippen LogP contribution is 2.50. The van der Waals surface area contributed by atoms with Gasteiger partial charge in [0.05, 0.1) is 0 Å². The third-order valence-electron chi connectivity index (χ3n) is 5.31. The summed E-state index contributed by atoms with van der Waals surface area (Å²) in [6.45, 7) is 8.99. The Morgan fingerprint density at radius 1 is 1.41 bits per heavy atom. The molecule has 2 fully saturated rings. The van der Waals surface area contributed by atoms with E-state index in [4.69, 9.17) is 0 Å². The summed E-state index contributed by atoms with van der Waals surface area (Å²) in [5, 5.41) is 3.45. The van der Waals surface area contributed by atoms with Crippen molar-refractivity contribution in [2.75, 3.05) is 33.7 Å². The minimum absolute atomic E-state index is 0.0480. The molecule has 5 nitrogen and oxygen atoms in total. The molecule has 2 rings (SSSR count). The van der Waals surface area contributed by atoms with Crippen LogP contribution in [0.1, 0.15) is 46.5 Å². The minimum Gasteiger partial charge on any atom is -0.354 e. The number of amides is 1. The number of nitrogens with one attached hydrogen (secondary N) is 1.